The highest BCUT2D eigenvalue weighted by Gasteiger charge is 2.08. The molecule has 2 rings (SSSR count). The summed E-state index contributed by atoms with van der Waals surface area (Å²) in [5.74, 6) is 1.54. The van der Waals surface area contributed by atoms with Crippen molar-refractivity contribution in [3.63, 3.8) is 0 Å². The Bertz CT molecular complexity index is 616. The fraction of sp³-hybridized carbons (Fsp3) is 0.333. The third kappa shape index (κ3) is 4.49. The Morgan fingerprint density at radius 2 is 1.77 bits per heavy atom. The zero-order valence-corrected chi connectivity index (χ0v) is 14.8. The van der Waals surface area contributed by atoms with Crippen molar-refractivity contribution < 1.29 is 9.47 Å². The number of hydrogen-bond donors (Lipinski definition) is 1. The number of rotatable bonds is 7. The quantitative estimate of drug-likeness (QED) is 0.799. The molecule has 0 aliphatic rings. The van der Waals surface area contributed by atoms with E-state index in [-0.39, 0.29) is 0 Å². The molecule has 1 N–H and O–H groups in total. The summed E-state index contributed by atoms with van der Waals surface area (Å²) >= 11 is 3.58. The predicted molar refractivity (Wildman–Crippen MR) is 93.7 cm³/mol. The average molecular weight is 364 g/mol. The lowest BCUT2D eigenvalue weighted by atomic mass is 10.1. The van der Waals surface area contributed by atoms with E-state index < -0.39 is 0 Å². The second-order valence-corrected chi connectivity index (χ2v) is 6.12. The van der Waals surface area contributed by atoms with Crippen LogP contribution in [0.1, 0.15) is 18.1 Å². The van der Waals surface area contributed by atoms with Gasteiger partial charge in [0.25, 0.3) is 0 Å². The van der Waals surface area contributed by atoms with Crippen molar-refractivity contribution >= 4 is 15.9 Å². The Morgan fingerprint density at radius 3 is 2.45 bits per heavy atom. The summed E-state index contributed by atoms with van der Waals surface area (Å²) in [6, 6.07) is 14.7. The molecule has 0 aliphatic carbocycles. The van der Waals surface area contributed by atoms with Crippen LogP contribution in [0.5, 0.6) is 11.5 Å². The number of nitrogens with one attached hydrogen (secondary N) is 1. The van der Waals surface area contributed by atoms with Crippen LogP contribution in [0, 0.1) is 0 Å². The van der Waals surface area contributed by atoms with E-state index in [0.717, 1.165) is 28.9 Å². The first kappa shape index (κ1) is 16.8. The van der Waals surface area contributed by atoms with Gasteiger partial charge in [-0.15, -0.1) is 0 Å². The summed E-state index contributed by atoms with van der Waals surface area (Å²) in [5.41, 5.74) is 2.49. The van der Waals surface area contributed by atoms with Gasteiger partial charge in [0.05, 0.1) is 14.2 Å². The topological polar surface area (TPSA) is 30.5 Å². The maximum atomic E-state index is 5.35. The minimum absolute atomic E-state index is 0.366. The molecule has 0 amide bonds. The van der Waals surface area contributed by atoms with E-state index in [0.29, 0.717) is 6.04 Å². The van der Waals surface area contributed by atoms with Crippen LogP contribution in [0.15, 0.2) is 46.9 Å². The van der Waals surface area contributed by atoms with Crippen LogP contribution in [0.4, 0.5) is 0 Å². The fourth-order valence-electron chi connectivity index (χ4n) is 2.36. The summed E-state index contributed by atoms with van der Waals surface area (Å²) < 4.78 is 11.8. The second-order valence-electron chi connectivity index (χ2n) is 5.27. The van der Waals surface area contributed by atoms with E-state index in [4.69, 9.17) is 9.47 Å². The monoisotopic (exact) mass is 363 g/mol. The van der Waals surface area contributed by atoms with E-state index >= 15 is 0 Å². The summed E-state index contributed by atoms with van der Waals surface area (Å²) in [6.45, 7) is 3.03. The summed E-state index contributed by atoms with van der Waals surface area (Å²) in [5, 5.41) is 3.55. The van der Waals surface area contributed by atoms with E-state index in [2.05, 4.69) is 52.4 Å². The van der Waals surface area contributed by atoms with Gasteiger partial charge in [-0.05, 0) is 42.7 Å². The summed E-state index contributed by atoms with van der Waals surface area (Å²) in [6.07, 6.45) is 0.935. The number of methoxy groups -OCH3 is 2. The molecule has 0 heterocycles. The second kappa shape index (κ2) is 8.20. The number of hydrogen-bond acceptors (Lipinski definition) is 3. The highest BCUT2D eigenvalue weighted by Crippen LogP contribution is 2.28. The highest BCUT2D eigenvalue weighted by atomic mass is 79.9. The zero-order valence-electron chi connectivity index (χ0n) is 13.2. The van der Waals surface area contributed by atoms with Gasteiger partial charge in [0, 0.05) is 17.1 Å². The lowest BCUT2D eigenvalue weighted by Gasteiger charge is -2.16. The summed E-state index contributed by atoms with van der Waals surface area (Å²) in [7, 11) is 3.32. The molecule has 0 aliphatic heterocycles. The first-order valence-corrected chi connectivity index (χ1v) is 8.11. The Kier molecular flexibility index (Phi) is 6.28. The number of ether oxygens (including phenoxy) is 2. The molecule has 118 valence electrons. The number of halogens is 1. The van der Waals surface area contributed by atoms with Gasteiger partial charge in [-0.3, -0.25) is 0 Å². The maximum absolute atomic E-state index is 5.35. The van der Waals surface area contributed by atoms with Gasteiger partial charge in [-0.25, -0.2) is 0 Å². The van der Waals surface area contributed by atoms with Crippen LogP contribution in [-0.2, 0) is 13.0 Å². The molecule has 4 heteroatoms. The Morgan fingerprint density at radius 1 is 1.05 bits per heavy atom. The minimum Gasteiger partial charge on any atom is -0.493 e. The molecule has 0 saturated carbocycles. The van der Waals surface area contributed by atoms with Crippen molar-refractivity contribution in [2.45, 2.75) is 25.9 Å². The molecule has 0 spiro atoms. The van der Waals surface area contributed by atoms with Crippen molar-refractivity contribution in [3.8, 4) is 11.5 Å². The molecule has 2 aromatic carbocycles. The van der Waals surface area contributed by atoms with Gasteiger partial charge in [0.2, 0.25) is 0 Å². The molecule has 3 nitrogen and oxygen atoms in total. The van der Waals surface area contributed by atoms with Crippen molar-refractivity contribution in [1.82, 2.24) is 5.32 Å². The highest BCUT2D eigenvalue weighted by molar-refractivity contribution is 9.10. The van der Waals surface area contributed by atoms with Crippen LogP contribution in [0.25, 0.3) is 0 Å². The van der Waals surface area contributed by atoms with Crippen LogP contribution in [-0.4, -0.2) is 20.3 Å². The molecule has 0 aromatic heterocycles. The van der Waals surface area contributed by atoms with E-state index in [1.807, 2.05) is 18.2 Å². The largest absolute Gasteiger partial charge is 0.493 e. The predicted octanol–water partition coefficient (Wildman–Crippen LogP) is 4.19. The lowest BCUT2D eigenvalue weighted by molar-refractivity contribution is 0.354. The molecule has 0 radical (unpaired) electrons. The van der Waals surface area contributed by atoms with Crippen molar-refractivity contribution in [1.29, 1.82) is 0 Å². The average Bonchev–Trinajstić information content (AvgIpc) is 2.54. The number of benzene rings is 2. The Hall–Kier alpha value is -1.52. The van der Waals surface area contributed by atoms with Gasteiger partial charge < -0.3 is 14.8 Å². The molecule has 22 heavy (non-hydrogen) atoms. The third-order valence-corrected chi connectivity index (χ3v) is 4.36. The minimum atomic E-state index is 0.366. The van der Waals surface area contributed by atoms with E-state index in [9.17, 15) is 0 Å². The molecular formula is C18H22BrNO2. The van der Waals surface area contributed by atoms with E-state index in [1.54, 1.807) is 14.2 Å². The molecule has 2 aromatic rings. The molecule has 0 bridgehead atoms. The van der Waals surface area contributed by atoms with Crippen LogP contribution < -0.4 is 14.8 Å². The first-order chi connectivity index (χ1) is 10.6. The van der Waals surface area contributed by atoms with Crippen molar-refractivity contribution in [2.75, 3.05) is 14.2 Å². The SMILES string of the molecule is COc1ccc(C[C@H](C)NCc2ccccc2Br)cc1OC. The lowest BCUT2D eigenvalue weighted by Crippen LogP contribution is -2.27. The van der Waals surface area contributed by atoms with Crippen molar-refractivity contribution in [2.24, 2.45) is 0 Å². The Balaban J connectivity index is 1.94. The van der Waals surface area contributed by atoms with Gasteiger partial charge >= 0.3 is 0 Å². The Labute approximate surface area is 140 Å². The van der Waals surface area contributed by atoms with Crippen LogP contribution in [0.2, 0.25) is 0 Å². The fourth-order valence-corrected chi connectivity index (χ4v) is 2.78. The molecule has 1 atom stereocenters. The van der Waals surface area contributed by atoms with Crippen LogP contribution in [0.3, 0.4) is 0 Å². The van der Waals surface area contributed by atoms with Gasteiger partial charge in [0.15, 0.2) is 11.5 Å². The molecule has 0 fully saturated rings. The van der Waals surface area contributed by atoms with E-state index in [1.165, 1.54) is 11.1 Å². The van der Waals surface area contributed by atoms with Gasteiger partial charge in [0.1, 0.15) is 0 Å². The maximum Gasteiger partial charge on any atom is 0.160 e. The van der Waals surface area contributed by atoms with Crippen molar-refractivity contribution in [3.05, 3.63) is 58.1 Å². The van der Waals surface area contributed by atoms with Gasteiger partial charge in [-0.2, -0.15) is 0 Å². The third-order valence-electron chi connectivity index (χ3n) is 3.59. The van der Waals surface area contributed by atoms with Crippen LogP contribution >= 0.6 is 15.9 Å². The molecule has 0 saturated heterocycles. The zero-order chi connectivity index (χ0) is 15.9. The summed E-state index contributed by atoms with van der Waals surface area (Å²) in [4.78, 5) is 0. The normalized spacial score (nSPS) is 12.0. The standard InChI is InChI=1S/C18H22BrNO2/c1-13(20-12-15-6-4-5-7-16(15)19)10-14-8-9-17(21-2)18(11-14)22-3/h4-9,11,13,20H,10,12H2,1-3H3/t13-/m0/s1. The molecular weight excluding hydrogens is 342 g/mol. The smallest absolute Gasteiger partial charge is 0.160 e. The first-order valence-electron chi connectivity index (χ1n) is 7.31. The van der Waals surface area contributed by atoms with Gasteiger partial charge in [-0.1, -0.05) is 40.2 Å². The molecule has 0 unspecified atom stereocenters.